The molecule has 0 bridgehead atoms. The van der Waals surface area contributed by atoms with Crippen molar-refractivity contribution in [3.05, 3.63) is 35.5 Å². The smallest absolute Gasteiger partial charge is 0.338 e. The molecule has 0 aliphatic rings. The van der Waals surface area contributed by atoms with Gasteiger partial charge in [-0.05, 0) is 75.0 Å². The van der Waals surface area contributed by atoms with E-state index >= 15 is 0 Å². The van der Waals surface area contributed by atoms with E-state index in [1.165, 1.54) is 89.2 Å². The van der Waals surface area contributed by atoms with Crippen LogP contribution < -0.4 is 0 Å². The van der Waals surface area contributed by atoms with Crippen LogP contribution in [0, 0.1) is 35.5 Å². The molecule has 6 heteroatoms. The first-order valence-electron chi connectivity index (χ1n) is 20.1. The molecule has 0 rings (SSSR count). The summed E-state index contributed by atoms with van der Waals surface area (Å²) in [6.45, 7) is 22.2. The average molecular weight is 701 g/mol. The molecule has 288 valence electrons. The predicted molar refractivity (Wildman–Crippen MR) is 208 cm³/mol. The lowest BCUT2D eigenvalue weighted by Crippen LogP contribution is -2.11. The van der Waals surface area contributed by atoms with Crippen LogP contribution in [0.1, 0.15) is 185 Å². The summed E-state index contributed by atoms with van der Waals surface area (Å²) in [6.07, 6.45) is 25.4. The van der Waals surface area contributed by atoms with Crippen molar-refractivity contribution in [3.8, 4) is 0 Å². The molecule has 4 atom stereocenters. The van der Waals surface area contributed by atoms with E-state index in [4.69, 9.17) is 9.47 Å². The molecule has 0 radical (unpaired) electrons. The highest BCUT2D eigenvalue weighted by molar-refractivity contribution is 6.02. The highest BCUT2D eigenvalue weighted by Crippen LogP contribution is 2.23. The van der Waals surface area contributed by atoms with Crippen molar-refractivity contribution in [2.45, 2.75) is 185 Å². The summed E-state index contributed by atoms with van der Waals surface area (Å²) in [5.41, 5.74) is 1.69. The van der Waals surface area contributed by atoms with Gasteiger partial charge in [0.2, 0.25) is 0 Å². The van der Waals surface area contributed by atoms with Crippen LogP contribution in [0.3, 0.4) is 0 Å². The SMILES string of the molecule is C/C(=C\C(=O)OC(=O)/C=C\C(=O)OC(=O)/C=C(\C)CCC[C@H](C)CCC[C@H](C)CCCC(C)C)CCC[C@H](C)CCC[C@H](C)CCCC(C)C. The van der Waals surface area contributed by atoms with Gasteiger partial charge in [-0.2, -0.15) is 0 Å². The van der Waals surface area contributed by atoms with E-state index in [0.29, 0.717) is 11.8 Å². The number of hydrogen-bond donors (Lipinski definition) is 0. The minimum atomic E-state index is -0.989. The molecule has 6 nitrogen and oxygen atoms in total. The largest absolute Gasteiger partial charge is 0.387 e. The summed E-state index contributed by atoms with van der Waals surface area (Å²) in [7, 11) is 0. The molecule has 0 fully saturated rings. The monoisotopic (exact) mass is 701 g/mol. The molecule has 0 unspecified atom stereocenters. The van der Waals surface area contributed by atoms with Crippen LogP contribution in [-0.2, 0) is 28.7 Å². The fraction of sp³-hybridized carbons (Fsp3) is 0.773. The number of hydrogen-bond acceptors (Lipinski definition) is 6. The Labute approximate surface area is 307 Å². The summed E-state index contributed by atoms with van der Waals surface area (Å²) in [4.78, 5) is 48.3. The second-order valence-corrected chi connectivity index (χ2v) is 16.5. The van der Waals surface area contributed by atoms with Gasteiger partial charge in [0.15, 0.2) is 0 Å². The molecular weight excluding hydrogens is 624 g/mol. The van der Waals surface area contributed by atoms with Crippen molar-refractivity contribution in [1.29, 1.82) is 0 Å². The van der Waals surface area contributed by atoms with Gasteiger partial charge >= 0.3 is 23.9 Å². The molecule has 50 heavy (non-hydrogen) atoms. The lowest BCUT2D eigenvalue weighted by atomic mass is 9.91. The molecule has 0 aliphatic carbocycles. The molecule has 0 amide bonds. The molecule has 0 saturated heterocycles. The molecular formula is C44H76O6. The van der Waals surface area contributed by atoms with E-state index in [2.05, 4.69) is 55.4 Å². The number of ether oxygens (including phenoxy) is 2. The second kappa shape index (κ2) is 29.1. The average Bonchev–Trinajstić information content (AvgIpc) is 2.99. The maximum atomic E-state index is 12.2. The Kier molecular flexibility index (Phi) is 27.7. The van der Waals surface area contributed by atoms with Gasteiger partial charge in [0, 0.05) is 24.3 Å². The van der Waals surface area contributed by atoms with Crippen molar-refractivity contribution in [2.75, 3.05) is 0 Å². The van der Waals surface area contributed by atoms with Gasteiger partial charge < -0.3 is 9.47 Å². The third-order valence-electron chi connectivity index (χ3n) is 9.77. The van der Waals surface area contributed by atoms with Crippen molar-refractivity contribution in [2.24, 2.45) is 35.5 Å². The molecule has 0 aliphatic heterocycles. The maximum absolute atomic E-state index is 12.2. The quantitative estimate of drug-likeness (QED) is 0.0459. The van der Waals surface area contributed by atoms with E-state index in [1.807, 2.05) is 13.8 Å². The van der Waals surface area contributed by atoms with Crippen LogP contribution in [0.15, 0.2) is 35.5 Å². The zero-order chi connectivity index (χ0) is 37.9. The molecule has 0 heterocycles. The highest BCUT2D eigenvalue weighted by Gasteiger charge is 2.11. The third-order valence-corrected chi connectivity index (χ3v) is 9.77. The zero-order valence-corrected chi connectivity index (χ0v) is 34.0. The molecule has 0 N–H and O–H groups in total. The fourth-order valence-corrected chi connectivity index (χ4v) is 6.42. The first kappa shape index (κ1) is 47.5. The van der Waals surface area contributed by atoms with Gasteiger partial charge in [0.05, 0.1) is 0 Å². The fourth-order valence-electron chi connectivity index (χ4n) is 6.42. The first-order chi connectivity index (χ1) is 23.6. The lowest BCUT2D eigenvalue weighted by molar-refractivity contribution is -0.155. The summed E-state index contributed by atoms with van der Waals surface area (Å²) >= 11 is 0. The van der Waals surface area contributed by atoms with Crippen molar-refractivity contribution < 1.29 is 28.7 Å². The molecule has 0 aromatic heterocycles. The lowest BCUT2D eigenvalue weighted by Gasteiger charge is -2.15. The molecule has 0 saturated carbocycles. The maximum Gasteiger partial charge on any atom is 0.338 e. The van der Waals surface area contributed by atoms with Crippen LogP contribution in [-0.4, -0.2) is 23.9 Å². The van der Waals surface area contributed by atoms with Gasteiger partial charge in [0.25, 0.3) is 0 Å². The third kappa shape index (κ3) is 30.3. The normalized spacial score (nSPS) is 15.0. The van der Waals surface area contributed by atoms with Gasteiger partial charge in [-0.3, -0.25) is 0 Å². The number of esters is 4. The zero-order valence-electron chi connectivity index (χ0n) is 34.0. The summed E-state index contributed by atoms with van der Waals surface area (Å²) in [6, 6.07) is 0. The summed E-state index contributed by atoms with van der Waals surface area (Å²) in [5, 5.41) is 0. The van der Waals surface area contributed by atoms with Crippen LogP contribution in [0.4, 0.5) is 0 Å². The number of carbonyl (C=O) groups excluding carboxylic acids is 4. The first-order valence-corrected chi connectivity index (χ1v) is 20.1. The minimum absolute atomic E-state index is 0.641. The topological polar surface area (TPSA) is 86.7 Å². The van der Waals surface area contributed by atoms with Crippen LogP contribution in [0.5, 0.6) is 0 Å². The van der Waals surface area contributed by atoms with E-state index < -0.39 is 23.9 Å². The van der Waals surface area contributed by atoms with Crippen molar-refractivity contribution >= 4 is 23.9 Å². The Bertz CT molecular complexity index is 967. The molecule has 0 spiro atoms. The van der Waals surface area contributed by atoms with Crippen molar-refractivity contribution in [3.63, 3.8) is 0 Å². The number of allylic oxidation sites excluding steroid dienone is 2. The standard InChI is InChI=1S/C44H76O6/c1-33(2)17-11-19-35(5)21-13-23-37(7)25-15-27-39(9)31-43(47)49-41(45)29-30-42(46)50-44(48)32-40(10)28-16-26-38(8)24-14-22-36(6)20-12-18-34(3)4/h29-38H,11-28H2,1-10H3/b30-29-,39-31+,40-32+/t35-,36-,37-,38-/m1/s1. The van der Waals surface area contributed by atoms with Gasteiger partial charge in [0.1, 0.15) is 0 Å². The van der Waals surface area contributed by atoms with E-state index in [-0.39, 0.29) is 0 Å². The Balaban J connectivity index is 4.24. The Hall–Kier alpha value is -2.50. The van der Waals surface area contributed by atoms with Gasteiger partial charge in [-0.1, -0.05) is 156 Å². The predicted octanol–water partition coefficient (Wildman–Crippen LogP) is 12.5. The number of carbonyl (C=O) groups is 4. The van der Waals surface area contributed by atoms with Crippen LogP contribution >= 0.6 is 0 Å². The van der Waals surface area contributed by atoms with Gasteiger partial charge in [-0.25, -0.2) is 19.2 Å². The van der Waals surface area contributed by atoms with Crippen molar-refractivity contribution in [1.82, 2.24) is 0 Å². The van der Waals surface area contributed by atoms with E-state index in [1.54, 1.807) is 0 Å². The van der Waals surface area contributed by atoms with Crippen LogP contribution in [0.25, 0.3) is 0 Å². The van der Waals surface area contributed by atoms with E-state index in [0.717, 1.165) is 85.5 Å². The Morgan fingerprint density at radius 1 is 0.400 bits per heavy atom. The summed E-state index contributed by atoms with van der Waals surface area (Å²) in [5.74, 6) is 0.913. The highest BCUT2D eigenvalue weighted by atomic mass is 16.6. The summed E-state index contributed by atoms with van der Waals surface area (Å²) < 4.78 is 9.52. The number of rotatable bonds is 28. The molecule has 0 aromatic rings. The minimum Gasteiger partial charge on any atom is -0.387 e. The van der Waals surface area contributed by atoms with Crippen LogP contribution in [0.2, 0.25) is 0 Å². The second-order valence-electron chi connectivity index (χ2n) is 16.5. The Morgan fingerprint density at radius 3 is 0.940 bits per heavy atom. The molecule has 0 aromatic carbocycles. The Morgan fingerprint density at radius 2 is 0.660 bits per heavy atom. The van der Waals surface area contributed by atoms with Gasteiger partial charge in [-0.15, -0.1) is 0 Å². The van der Waals surface area contributed by atoms with E-state index in [9.17, 15) is 19.2 Å².